The Morgan fingerprint density at radius 1 is 1.24 bits per heavy atom. The van der Waals surface area contributed by atoms with Gasteiger partial charge in [-0.2, -0.15) is 0 Å². The third-order valence-corrected chi connectivity index (χ3v) is 3.60. The summed E-state index contributed by atoms with van der Waals surface area (Å²) in [4.78, 5) is 59.0. The van der Waals surface area contributed by atoms with Crippen LogP contribution in [-0.4, -0.2) is 55.0 Å². The molecule has 1 heterocycles. The molecule has 0 unspecified atom stereocenters. The van der Waals surface area contributed by atoms with Crippen LogP contribution in [0.15, 0.2) is 0 Å². The lowest BCUT2D eigenvalue weighted by atomic mass is 9.95. The van der Waals surface area contributed by atoms with Gasteiger partial charge in [0.25, 0.3) is 0 Å². The molecule has 140 valence electrons. The SMILES string of the molecule is CCOC(=O)C[C@@H](C(=O)OCC)[C@@H](NC(=O)[C@H]1CCC(=O)N1)C(N)=O. The highest BCUT2D eigenvalue weighted by Crippen LogP contribution is 2.15. The average Bonchev–Trinajstić information content (AvgIpc) is 2.97. The molecule has 10 heteroatoms. The maximum Gasteiger partial charge on any atom is 0.312 e. The Balaban J connectivity index is 2.91. The van der Waals surface area contributed by atoms with E-state index in [4.69, 9.17) is 15.2 Å². The van der Waals surface area contributed by atoms with E-state index in [-0.39, 0.29) is 32.0 Å². The predicted molar refractivity (Wildman–Crippen MR) is 83.7 cm³/mol. The van der Waals surface area contributed by atoms with Gasteiger partial charge in [0, 0.05) is 6.42 Å². The Hall–Kier alpha value is -2.65. The highest BCUT2D eigenvalue weighted by molar-refractivity contribution is 5.96. The summed E-state index contributed by atoms with van der Waals surface area (Å²) in [6, 6.07) is -2.28. The van der Waals surface area contributed by atoms with Gasteiger partial charge in [-0.3, -0.25) is 24.0 Å². The third kappa shape index (κ3) is 6.05. The fourth-order valence-corrected chi connectivity index (χ4v) is 2.42. The minimum absolute atomic E-state index is 0.0241. The first-order chi connectivity index (χ1) is 11.8. The second kappa shape index (κ2) is 9.60. The van der Waals surface area contributed by atoms with Crippen molar-refractivity contribution >= 4 is 29.7 Å². The molecule has 4 N–H and O–H groups in total. The summed E-state index contributed by atoms with van der Waals surface area (Å²) < 4.78 is 9.64. The van der Waals surface area contributed by atoms with Crippen LogP contribution in [0.25, 0.3) is 0 Å². The second-order valence-electron chi connectivity index (χ2n) is 5.42. The van der Waals surface area contributed by atoms with Crippen molar-refractivity contribution in [3.63, 3.8) is 0 Å². The summed E-state index contributed by atoms with van der Waals surface area (Å²) in [5, 5.41) is 4.77. The van der Waals surface area contributed by atoms with E-state index in [0.717, 1.165) is 0 Å². The van der Waals surface area contributed by atoms with Crippen LogP contribution in [0.2, 0.25) is 0 Å². The van der Waals surface area contributed by atoms with E-state index in [1.807, 2.05) is 0 Å². The molecule has 1 aliphatic heterocycles. The number of esters is 2. The zero-order chi connectivity index (χ0) is 19.0. The third-order valence-electron chi connectivity index (χ3n) is 3.60. The molecule has 1 fully saturated rings. The lowest BCUT2D eigenvalue weighted by molar-refractivity contribution is -0.157. The first kappa shape index (κ1) is 20.4. The summed E-state index contributed by atoms with van der Waals surface area (Å²) in [6.45, 7) is 3.27. The largest absolute Gasteiger partial charge is 0.466 e. The number of amides is 3. The van der Waals surface area contributed by atoms with Gasteiger partial charge in [-0.25, -0.2) is 0 Å². The summed E-state index contributed by atoms with van der Waals surface area (Å²) >= 11 is 0. The molecule has 0 aromatic heterocycles. The van der Waals surface area contributed by atoms with Crippen LogP contribution < -0.4 is 16.4 Å². The van der Waals surface area contributed by atoms with Crippen molar-refractivity contribution in [3.05, 3.63) is 0 Å². The van der Waals surface area contributed by atoms with Crippen molar-refractivity contribution in [1.82, 2.24) is 10.6 Å². The number of primary amides is 1. The standard InChI is InChI=1S/C15H23N3O7/c1-3-24-11(20)7-8(15(23)25-4-2)12(13(16)21)18-14(22)9-5-6-10(19)17-9/h8-9,12H,3-7H2,1-2H3,(H2,16,21)(H,17,19)(H,18,22)/t8-,9-,12-/m1/s1. The predicted octanol–water partition coefficient (Wildman–Crippen LogP) is -1.63. The minimum atomic E-state index is -1.46. The van der Waals surface area contributed by atoms with Crippen molar-refractivity contribution in [2.45, 2.75) is 45.2 Å². The molecule has 0 aliphatic carbocycles. The van der Waals surface area contributed by atoms with E-state index in [2.05, 4.69) is 10.6 Å². The van der Waals surface area contributed by atoms with Crippen LogP contribution in [-0.2, 0) is 33.4 Å². The molecular weight excluding hydrogens is 334 g/mol. The highest BCUT2D eigenvalue weighted by Gasteiger charge is 2.39. The molecule has 0 aromatic carbocycles. The normalized spacial score (nSPS) is 18.6. The van der Waals surface area contributed by atoms with Crippen molar-refractivity contribution in [2.75, 3.05) is 13.2 Å². The van der Waals surface area contributed by atoms with Gasteiger partial charge in [-0.15, -0.1) is 0 Å². The minimum Gasteiger partial charge on any atom is -0.466 e. The quantitative estimate of drug-likeness (QED) is 0.418. The fraction of sp³-hybridized carbons (Fsp3) is 0.667. The van der Waals surface area contributed by atoms with E-state index >= 15 is 0 Å². The van der Waals surface area contributed by atoms with Crippen LogP contribution in [0.5, 0.6) is 0 Å². The lowest BCUT2D eigenvalue weighted by Crippen LogP contribution is -2.55. The Bertz CT molecular complexity index is 549. The van der Waals surface area contributed by atoms with E-state index in [0.29, 0.717) is 0 Å². The van der Waals surface area contributed by atoms with Crippen molar-refractivity contribution in [1.29, 1.82) is 0 Å². The molecule has 1 rings (SSSR count). The number of rotatable bonds is 9. The van der Waals surface area contributed by atoms with Gasteiger partial charge in [0.2, 0.25) is 17.7 Å². The van der Waals surface area contributed by atoms with E-state index < -0.39 is 48.2 Å². The summed E-state index contributed by atoms with van der Waals surface area (Å²) in [7, 11) is 0. The molecular formula is C15H23N3O7. The zero-order valence-corrected chi connectivity index (χ0v) is 14.2. The lowest BCUT2D eigenvalue weighted by Gasteiger charge is -2.24. The molecule has 0 saturated carbocycles. The molecule has 0 aromatic rings. The maximum absolute atomic E-state index is 12.2. The molecule has 1 saturated heterocycles. The van der Waals surface area contributed by atoms with Crippen LogP contribution >= 0.6 is 0 Å². The number of nitrogens with one attached hydrogen (secondary N) is 2. The Morgan fingerprint density at radius 3 is 2.36 bits per heavy atom. The van der Waals surface area contributed by atoms with E-state index in [9.17, 15) is 24.0 Å². The number of hydrogen-bond donors (Lipinski definition) is 3. The Labute approximate surface area is 144 Å². The number of carbonyl (C=O) groups excluding carboxylic acids is 5. The van der Waals surface area contributed by atoms with Gasteiger partial charge < -0.3 is 25.8 Å². The number of hydrogen-bond acceptors (Lipinski definition) is 7. The van der Waals surface area contributed by atoms with Crippen molar-refractivity contribution in [2.24, 2.45) is 11.7 Å². The van der Waals surface area contributed by atoms with Gasteiger partial charge in [0.15, 0.2) is 0 Å². The van der Waals surface area contributed by atoms with Crippen LogP contribution in [0.1, 0.15) is 33.1 Å². The van der Waals surface area contributed by atoms with Crippen LogP contribution in [0, 0.1) is 5.92 Å². The first-order valence-corrected chi connectivity index (χ1v) is 8.01. The van der Waals surface area contributed by atoms with Crippen molar-refractivity contribution in [3.8, 4) is 0 Å². The molecule has 10 nitrogen and oxygen atoms in total. The molecule has 25 heavy (non-hydrogen) atoms. The smallest absolute Gasteiger partial charge is 0.312 e. The molecule has 1 aliphatic rings. The summed E-state index contributed by atoms with van der Waals surface area (Å²) in [6.07, 6.45) is -0.0286. The first-order valence-electron chi connectivity index (χ1n) is 8.01. The molecule has 0 bridgehead atoms. The summed E-state index contributed by atoms with van der Waals surface area (Å²) in [5.74, 6) is -4.85. The number of nitrogens with two attached hydrogens (primary N) is 1. The van der Waals surface area contributed by atoms with E-state index in [1.165, 1.54) is 0 Å². The van der Waals surface area contributed by atoms with Crippen molar-refractivity contribution < 1.29 is 33.4 Å². The maximum atomic E-state index is 12.2. The topological polar surface area (TPSA) is 154 Å². The fourth-order valence-electron chi connectivity index (χ4n) is 2.42. The van der Waals surface area contributed by atoms with Gasteiger partial charge >= 0.3 is 11.9 Å². The molecule has 3 atom stereocenters. The second-order valence-corrected chi connectivity index (χ2v) is 5.42. The monoisotopic (exact) mass is 357 g/mol. The van der Waals surface area contributed by atoms with E-state index in [1.54, 1.807) is 13.8 Å². The van der Waals surface area contributed by atoms with Crippen LogP contribution in [0.3, 0.4) is 0 Å². The van der Waals surface area contributed by atoms with Gasteiger partial charge in [0.05, 0.1) is 25.6 Å². The Kier molecular flexibility index (Phi) is 7.83. The van der Waals surface area contributed by atoms with Gasteiger partial charge in [0.1, 0.15) is 12.1 Å². The molecule has 0 spiro atoms. The summed E-state index contributed by atoms with van der Waals surface area (Å²) in [5.41, 5.74) is 5.29. The van der Waals surface area contributed by atoms with Gasteiger partial charge in [-0.1, -0.05) is 0 Å². The number of ether oxygens (including phenoxy) is 2. The number of carbonyl (C=O) groups is 5. The zero-order valence-electron chi connectivity index (χ0n) is 14.2. The van der Waals surface area contributed by atoms with Gasteiger partial charge in [-0.05, 0) is 20.3 Å². The highest BCUT2D eigenvalue weighted by atomic mass is 16.5. The van der Waals surface area contributed by atoms with Crippen LogP contribution in [0.4, 0.5) is 0 Å². The molecule has 3 amide bonds. The Morgan fingerprint density at radius 2 is 1.88 bits per heavy atom. The molecule has 0 radical (unpaired) electrons. The average molecular weight is 357 g/mol.